The third kappa shape index (κ3) is 2.86. The number of aromatic nitrogens is 1. The van der Waals surface area contributed by atoms with Gasteiger partial charge in [-0.15, -0.1) is 0 Å². The normalized spacial score (nSPS) is 10.7. The molecule has 2 rings (SSSR count). The molecule has 0 radical (unpaired) electrons. The summed E-state index contributed by atoms with van der Waals surface area (Å²) in [4.78, 5) is 20.6. The Bertz CT molecular complexity index is 641. The fraction of sp³-hybridized carbons (Fsp3) is 0. The number of aliphatic carboxylic acids is 1. The van der Waals surface area contributed by atoms with Gasteiger partial charge in [-0.3, -0.25) is 10.1 Å². The summed E-state index contributed by atoms with van der Waals surface area (Å²) in [6, 6.07) is 9.54. The van der Waals surface area contributed by atoms with E-state index < -0.39 is 10.9 Å². The molecule has 1 aromatic carbocycles. The van der Waals surface area contributed by atoms with Crippen LogP contribution < -0.4 is 0 Å². The number of hydrogen-bond acceptors (Lipinski definition) is 3. The van der Waals surface area contributed by atoms with Crippen molar-refractivity contribution in [1.29, 1.82) is 0 Å². The third-order valence-electron chi connectivity index (χ3n) is 2.52. The second-order valence-electron chi connectivity index (χ2n) is 3.75. The van der Waals surface area contributed by atoms with Crippen LogP contribution in [0.2, 0.25) is 0 Å². The van der Waals surface area contributed by atoms with Gasteiger partial charge in [0, 0.05) is 35.8 Å². The van der Waals surface area contributed by atoms with Crippen LogP contribution in [-0.2, 0) is 4.79 Å². The van der Waals surface area contributed by atoms with Crippen LogP contribution in [0, 0.1) is 10.1 Å². The van der Waals surface area contributed by atoms with Crippen LogP contribution in [0.5, 0.6) is 0 Å². The molecule has 0 saturated heterocycles. The van der Waals surface area contributed by atoms with Crippen molar-refractivity contribution in [2.24, 2.45) is 0 Å². The maximum absolute atomic E-state index is 10.6. The SMILES string of the molecule is O=C(O)C=Cc1cccn1-c1ccc([N+](=O)[O-])cc1. The zero-order chi connectivity index (χ0) is 13.8. The van der Waals surface area contributed by atoms with Crippen molar-refractivity contribution in [2.75, 3.05) is 0 Å². The van der Waals surface area contributed by atoms with Gasteiger partial charge in [-0.25, -0.2) is 4.79 Å². The summed E-state index contributed by atoms with van der Waals surface area (Å²) in [5, 5.41) is 19.2. The Kier molecular flexibility index (Phi) is 3.42. The Morgan fingerprint density at radius 3 is 2.53 bits per heavy atom. The van der Waals surface area contributed by atoms with E-state index in [0.29, 0.717) is 5.69 Å². The Labute approximate surface area is 108 Å². The molecule has 6 heteroatoms. The lowest BCUT2D eigenvalue weighted by atomic mass is 10.2. The Morgan fingerprint density at radius 2 is 1.95 bits per heavy atom. The number of rotatable bonds is 4. The van der Waals surface area contributed by atoms with Crippen LogP contribution >= 0.6 is 0 Å². The lowest BCUT2D eigenvalue weighted by molar-refractivity contribution is -0.384. The fourth-order valence-electron chi connectivity index (χ4n) is 1.66. The molecule has 0 saturated carbocycles. The van der Waals surface area contributed by atoms with Gasteiger partial charge < -0.3 is 9.67 Å². The van der Waals surface area contributed by atoms with E-state index in [0.717, 1.165) is 11.8 Å². The molecule has 0 aliphatic heterocycles. The molecule has 1 heterocycles. The molecule has 0 aliphatic carbocycles. The second kappa shape index (κ2) is 5.18. The van der Waals surface area contributed by atoms with Gasteiger partial charge in [-0.05, 0) is 30.3 Å². The molecule has 2 aromatic rings. The number of benzene rings is 1. The molecule has 96 valence electrons. The van der Waals surface area contributed by atoms with E-state index >= 15 is 0 Å². The van der Waals surface area contributed by atoms with Gasteiger partial charge in [0.2, 0.25) is 0 Å². The molecule has 1 aromatic heterocycles. The number of non-ortho nitro benzene ring substituents is 1. The topological polar surface area (TPSA) is 85.4 Å². The van der Waals surface area contributed by atoms with E-state index in [9.17, 15) is 14.9 Å². The van der Waals surface area contributed by atoms with Crippen LogP contribution in [0.3, 0.4) is 0 Å². The Balaban J connectivity index is 2.34. The third-order valence-corrected chi connectivity index (χ3v) is 2.52. The lowest BCUT2D eigenvalue weighted by Gasteiger charge is -2.05. The first-order chi connectivity index (χ1) is 9.08. The molecule has 19 heavy (non-hydrogen) atoms. The van der Waals surface area contributed by atoms with Crippen molar-refractivity contribution in [1.82, 2.24) is 4.57 Å². The second-order valence-corrected chi connectivity index (χ2v) is 3.75. The van der Waals surface area contributed by atoms with E-state index in [-0.39, 0.29) is 5.69 Å². The molecule has 6 nitrogen and oxygen atoms in total. The number of carboxylic acids is 1. The number of carbonyl (C=O) groups is 1. The van der Waals surface area contributed by atoms with Crippen LogP contribution in [0.25, 0.3) is 11.8 Å². The first-order valence-corrected chi connectivity index (χ1v) is 5.41. The highest BCUT2D eigenvalue weighted by Crippen LogP contribution is 2.18. The highest BCUT2D eigenvalue weighted by atomic mass is 16.6. The summed E-state index contributed by atoms with van der Waals surface area (Å²) < 4.78 is 1.74. The minimum absolute atomic E-state index is 0.0125. The fourth-order valence-corrected chi connectivity index (χ4v) is 1.66. The number of nitro groups is 1. The van der Waals surface area contributed by atoms with E-state index in [4.69, 9.17) is 5.11 Å². The summed E-state index contributed by atoms with van der Waals surface area (Å²) >= 11 is 0. The molecule has 0 aliphatic rings. The average molecular weight is 258 g/mol. The number of hydrogen-bond donors (Lipinski definition) is 1. The zero-order valence-electron chi connectivity index (χ0n) is 9.76. The van der Waals surface area contributed by atoms with Crippen LogP contribution in [0.4, 0.5) is 5.69 Å². The van der Waals surface area contributed by atoms with E-state index in [2.05, 4.69) is 0 Å². The summed E-state index contributed by atoms with van der Waals surface area (Å²) in [6.45, 7) is 0. The van der Waals surface area contributed by atoms with Gasteiger partial charge in [-0.1, -0.05) is 0 Å². The molecule has 0 spiro atoms. The zero-order valence-corrected chi connectivity index (χ0v) is 9.76. The minimum Gasteiger partial charge on any atom is -0.478 e. The Morgan fingerprint density at radius 1 is 1.26 bits per heavy atom. The van der Waals surface area contributed by atoms with Gasteiger partial charge in [0.15, 0.2) is 0 Å². The number of carboxylic acid groups (broad SMARTS) is 1. The molecule has 0 unspecified atom stereocenters. The van der Waals surface area contributed by atoms with Crippen molar-refractivity contribution in [3.05, 3.63) is 64.5 Å². The van der Waals surface area contributed by atoms with Crippen molar-refractivity contribution in [2.45, 2.75) is 0 Å². The van der Waals surface area contributed by atoms with Crippen molar-refractivity contribution >= 4 is 17.7 Å². The summed E-state index contributed by atoms with van der Waals surface area (Å²) in [7, 11) is 0. The van der Waals surface area contributed by atoms with E-state index in [1.807, 2.05) is 0 Å². The van der Waals surface area contributed by atoms with Gasteiger partial charge >= 0.3 is 5.97 Å². The standard InChI is InChI=1S/C13H10N2O4/c16-13(17)8-7-10-2-1-9-14(10)11-3-5-12(6-4-11)15(18)19/h1-9H,(H,16,17). The van der Waals surface area contributed by atoms with Gasteiger partial charge in [-0.2, -0.15) is 0 Å². The maximum Gasteiger partial charge on any atom is 0.328 e. The highest BCUT2D eigenvalue weighted by Gasteiger charge is 2.06. The van der Waals surface area contributed by atoms with Crippen molar-refractivity contribution in [3.8, 4) is 5.69 Å². The molecule has 0 bridgehead atoms. The molecule has 0 fully saturated rings. The Hall–Kier alpha value is -2.89. The van der Waals surface area contributed by atoms with Gasteiger partial charge in [0.1, 0.15) is 0 Å². The van der Waals surface area contributed by atoms with Crippen molar-refractivity contribution in [3.63, 3.8) is 0 Å². The maximum atomic E-state index is 10.6. The van der Waals surface area contributed by atoms with Crippen LogP contribution in [-0.4, -0.2) is 20.6 Å². The smallest absolute Gasteiger partial charge is 0.328 e. The summed E-state index contributed by atoms with van der Waals surface area (Å²) in [6.07, 6.45) is 4.25. The van der Waals surface area contributed by atoms with E-state index in [1.165, 1.54) is 18.2 Å². The lowest BCUT2D eigenvalue weighted by Crippen LogP contribution is -1.96. The minimum atomic E-state index is -1.03. The van der Waals surface area contributed by atoms with Crippen LogP contribution in [0.15, 0.2) is 48.7 Å². The monoisotopic (exact) mass is 258 g/mol. The molecule has 0 amide bonds. The predicted octanol–water partition coefficient (Wildman–Crippen LogP) is 2.48. The molecule has 0 atom stereocenters. The number of nitrogens with zero attached hydrogens (tertiary/aromatic N) is 2. The van der Waals surface area contributed by atoms with Gasteiger partial charge in [0.25, 0.3) is 5.69 Å². The van der Waals surface area contributed by atoms with Crippen molar-refractivity contribution < 1.29 is 14.8 Å². The highest BCUT2D eigenvalue weighted by molar-refractivity contribution is 5.85. The van der Waals surface area contributed by atoms with Crippen LogP contribution in [0.1, 0.15) is 5.69 Å². The molecular formula is C13H10N2O4. The summed E-state index contributed by atoms with van der Waals surface area (Å²) in [5.74, 6) is -1.03. The quantitative estimate of drug-likeness (QED) is 0.518. The first kappa shape index (κ1) is 12.6. The predicted molar refractivity (Wildman–Crippen MR) is 69.1 cm³/mol. The first-order valence-electron chi connectivity index (χ1n) is 5.41. The summed E-state index contributed by atoms with van der Waals surface area (Å²) in [5.41, 5.74) is 1.41. The molecular weight excluding hydrogens is 248 g/mol. The average Bonchev–Trinajstić information content (AvgIpc) is 2.84. The largest absolute Gasteiger partial charge is 0.478 e. The van der Waals surface area contributed by atoms with Gasteiger partial charge in [0.05, 0.1) is 4.92 Å². The molecule has 1 N–H and O–H groups in total. The number of nitro benzene ring substituents is 1. The van der Waals surface area contributed by atoms with E-state index in [1.54, 1.807) is 35.0 Å².